The number of hydrogen-bond acceptors (Lipinski definition) is 10. The van der Waals surface area contributed by atoms with Crippen LogP contribution in [0.5, 0.6) is 17.2 Å². The Labute approximate surface area is 230 Å². The summed E-state index contributed by atoms with van der Waals surface area (Å²) in [6.45, 7) is 3.36. The number of nitrogen functional groups attached to an aromatic ring is 2. The van der Waals surface area contributed by atoms with Gasteiger partial charge in [-0.15, -0.1) is 0 Å². The van der Waals surface area contributed by atoms with Gasteiger partial charge in [-0.25, -0.2) is 0 Å². The minimum atomic E-state index is -0.973. The molecule has 0 spiro atoms. The number of anilines is 3. The Morgan fingerprint density at radius 3 is 2.05 bits per heavy atom. The van der Waals surface area contributed by atoms with Gasteiger partial charge < -0.3 is 37.3 Å². The summed E-state index contributed by atoms with van der Waals surface area (Å²) in [5.41, 5.74) is 16.8. The topological polar surface area (TPSA) is 154 Å². The highest BCUT2D eigenvalue weighted by atomic mass is 19.4. The predicted octanol–water partition coefficient (Wildman–Crippen LogP) is 4.54. The molecule has 0 atom stereocenters. The maximum Gasteiger partial charge on any atom is 0.168 e. The number of ether oxygens (including phenoxy) is 2. The lowest BCUT2D eigenvalue weighted by Gasteiger charge is -2.07. The Morgan fingerprint density at radius 2 is 1.59 bits per heavy atom. The lowest BCUT2D eigenvalue weighted by atomic mass is 10.2. The number of rotatable bonds is 8. The molecule has 12 heteroatoms. The molecular weight excluding hydrogens is 508 g/mol. The number of nitrogens with one attached hydrogen (secondary N) is 2. The summed E-state index contributed by atoms with van der Waals surface area (Å²) in [5.74, 6) is 1.24. The van der Waals surface area contributed by atoms with E-state index in [1.807, 2.05) is 21.1 Å². The quantitative estimate of drug-likeness (QED) is 0.117. The number of aldehydes is 1. The SMILES string of the molecule is CCCCNC.CN.CNC.COc1ccccc1N(F)F.Nc1ccc(Oc2ccnc(C=O)c2)cc1N. The Morgan fingerprint density at radius 1 is 0.974 bits per heavy atom. The van der Waals surface area contributed by atoms with E-state index in [-0.39, 0.29) is 11.4 Å². The highest BCUT2D eigenvalue weighted by molar-refractivity contribution is 5.72. The zero-order chi connectivity index (χ0) is 30.1. The zero-order valence-electron chi connectivity index (χ0n) is 23.6. The second kappa shape index (κ2) is 24.3. The number of hydrogen-bond donors (Lipinski definition) is 5. The summed E-state index contributed by atoms with van der Waals surface area (Å²) >= 11 is 0. The van der Waals surface area contributed by atoms with Crippen molar-refractivity contribution in [3.8, 4) is 17.2 Å². The normalized spacial score (nSPS) is 8.95. The minimum Gasteiger partial charge on any atom is -0.494 e. The number of para-hydroxylation sites is 2. The van der Waals surface area contributed by atoms with Crippen LogP contribution in [0, 0.1) is 0 Å². The molecule has 10 nitrogen and oxygen atoms in total. The lowest BCUT2D eigenvalue weighted by Crippen LogP contribution is -2.06. The Bertz CT molecular complexity index is 1020. The van der Waals surface area contributed by atoms with Crippen molar-refractivity contribution in [3.05, 3.63) is 66.5 Å². The van der Waals surface area contributed by atoms with E-state index in [1.165, 1.54) is 51.4 Å². The summed E-state index contributed by atoms with van der Waals surface area (Å²) in [6, 6.07) is 14.1. The summed E-state index contributed by atoms with van der Waals surface area (Å²) in [5, 5.41) is 4.85. The van der Waals surface area contributed by atoms with E-state index < -0.39 is 5.34 Å². The predicted molar refractivity (Wildman–Crippen MR) is 157 cm³/mol. The van der Waals surface area contributed by atoms with E-state index in [0.717, 1.165) is 6.54 Å². The van der Waals surface area contributed by atoms with Crippen LogP contribution in [0.4, 0.5) is 26.0 Å². The molecule has 8 N–H and O–H groups in total. The molecule has 39 heavy (non-hydrogen) atoms. The van der Waals surface area contributed by atoms with E-state index in [0.29, 0.717) is 34.9 Å². The summed E-state index contributed by atoms with van der Waals surface area (Å²) < 4.78 is 34.1. The number of nitrogens with zero attached hydrogens (tertiary/aromatic N) is 2. The fourth-order valence-corrected chi connectivity index (χ4v) is 2.43. The van der Waals surface area contributed by atoms with Crippen LogP contribution in [-0.2, 0) is 0 Å². The number of unbranched alkanes of at least 4 members (excludes halogenated alkanes) is 1. The Hall–Kier alpha value is -4.00. The summed E-state index contributed by atoms with van der Waals surface area (Å²) in [6.07, 6.45) is 4.75. The number of benzene rings is 2. The molecule has 1 aromatic heterocycles. The van der Waals surface area contributed by atoms with Crippen molar-refractivity contribution in [1.82, 2.24) is 15.6 Å². The molecule has 0 aliphatic rings. The highest BCUT2D eigenvalue weighted by Crippen LogP contribution is 2.28. The maximum absolute atomic E-state index is 12.0. The first kappa shape index (κ1) is 37.2. The van der Waals surface area contributed by atoms with E-state index in [2.05, 4.69) is 33.0 Å². The molecule has 0 bridgehead atoms. The molecule has 0 aliphatic carbocycles. The second-order valence-electron chi connectivity index (χ2n) is 7.29. The molecule has 0 unspecified atom stereocenters. The van der Waals surface area contributed by atoms with Gasteiger partial charge in [-0.2, -0.15) is 0 Å². The first-order chi connectivity index (χ1) is 18.8. The van der Waals surface area contributed by atoms with Gasteiger partial charge in [0.15, 0.2) is 6.29 Å². The number of aromatic nitrogens is 1. The molecule has 0 amide bonds. The van der Waals surface area contributed by atoms with Gasteiger partial charge in [-0.05, 0) is 76.8 Å². The fourth-order valence-electron chi connectivity index (χ4n) is 2.43. The van der Waals surface area contributed by atoms with E-state index in [1.54, 1.807) is 36.4 Å². The standard InChI is InChI=1S/C12H11N3O2.C7H7F2NO.C5H13N.C2H7N.CH5N/c13-11-2-1-9(6-12(11)14)17-10-3-4-15-8(5-10)7-16;1-11-7-5-3-2-4-6(7)10(8)9;1-3-4-5-6-2;1-3-2;1-2/h1-7H,13-14H2;2-5H,1H3;6H,3-5H2,1-2H3;3H,1-2H3;2H2,1H3. The zero-order valence-corrected chi connectivity index (χ0v) is 23.6. The van der Waals surface area contributed by atoms with E-state index in [4.69, 9.17) is 16.2 Å². The minimum absolute atomic E-state index is 0.164. The summed E-state index contributed by atoms with van der Waals surface area (Å²) in [4.78, 5) is 14.4. The van der Waals surface area contributed by atoms with Crippen LogP contribution in [0.25, 0.3) is 0 Å². The molecule has 0 saturated carbocycles. The third kappa shape index (κ3) is 17.2. The molecule has 0 saturated heterocycles. The van der Waals surface area contributed by atoms with Crippen molar-refractivity contribution >= 4 is 23.3 Å². The molecule has 3 rings (SSSR count). The number of halogens is 2. The Balaban J connectivity index is 0. The summed E-state index contributed by atoms with van der Waals surface area (Å²) in [7, 11) is 8.58. The smallest absolute Gasteiger partial charge is 0.168 e. The molecular formula is C27H43F2N7O3. The monoisotopic (exact) mass is 551 g/mol. The molecule has 1 heterocycles. The first-order valence-corrected chi connectivity index (χ1v) is 12.1. The largest absolute Gasteiger partial charge is 0.494 e. The van der Waals surface area contributed by atoms with Crippen LogP contribution in [0.15, 0.2) is 60.8 Å². The lowest BCUT2D eigenvalue weighted by molar-refractivity contribution is 0.111. The molecule has 0 aliphatic heterocycles. The van der Waals surface area contributed by atoms with Gasteiger partial charge in [-0.3, -0.25) is 9.78 Å². The molecule has 3 aromatic rings. The third-order valence-electron chi connectivity index (χ3n) is 4.21. The highest BCUT2D eigenvalue weighted by Gasteiger charge is 2.08. The van der Waals surface area contributed by atoms with Crippen molar-refractivity contribution in [2.45, 2.75) is 19.8 Å². The van der Waals surface area contributed by atoms with Crippen LogP contribution in [0.1, 0.15) is 30.3 Å². The van der Waals surface area contributed by atoms with Gasteiger partial charge in [0, 0.05) is 18.3 Å². The Kier molecular flexibility index (Phi) is 23.2. The number of carbonyl (C=O) groups excluding carboxylic acids is 1. The molecule has 2 aromatic carbocycles. The van der Waals surface area contributed by atoms with Crippen molar-refractivity contribution in [1.29, 1.82) is 0 Å². The van der Waals surface area contributed by atoms with Crippen molar-refractivity contribution in [3.63, 3.8) is 0 Å². The fraction of sp³-hybridized carbons (Fsp3) is 0.333. The number of carbonyl (C=O) groups is 1. The van der Waals surface area contributed by atoms with Crippen molar-refractivity contribution < 1.29 is 23.2 Å². The molecule has 0 fully saturated rings. The van der Waals surface area contributed by atoms with Crippen molar-refractivity contribution in [2.75, 3.05) is 58.7 Å². The second-order valence-corrected chi connectivity index (χ2v) is 7.29. The number of nitrogens with two attached hydrogens (primary N) is 3. The van der Waals surface area contributed by atoms with Gasteiger partial charge in [0.05, 0.1) is 18.5 Å². The van der Waals surface area contributed by atoms with Crippen LogP contribution >= 0.6 is 0 Å². The van der Waals surface area contributed by atoms with Crippen LogP contribution in [0.3, 0.4) is 0 Å². The average molecular weight is 552 g/mol. The van der Waals surface area contributed by atoms with Crippen molar-refractivity contribution in [2.24, 2.45) is 5.73 Å². The van der Waals surface area contributed by atoms with Gasteiger partial charge in [0.2, 0.25) is 0 Å². The number of pyridine rings is 1. The molecule has 0 radical (unpaired) electrons. The molecule has 218 valence electrons. The maximum atomic E-state index is 12.0. The van der Waals surface area contributed by atoms with Gasteiger partial charge in [0.1, 0.15) is 28.6 Å². The van der Waals surface area contributed by atoms with E-state index >= 15 is 0 Å². The van der Waals surface area contributed by atoms with Crippen LogP contribution in [-0.4, -0.2) is 53.1 Å². The van der Waals surface area contributed by atoms with Crippen LogP contribution < -0.4 is 42.7 Å². The van der Waals surface area contributed by atoms with Gasteiger partial charge in [0.25, 0.3) is 0 Å². The van der Waals surface area contributed by atoms with E-state index in [9.17, 15) is 13.8 Å². The third-order valence-corrected chi connectivity index (χ3v) is 4.21. The average Bonchev–Trinajstić information content (AvgIpc) is 2.96. The number of methoxy groups -OCH3 is 1. The first-order valence-electron chi connectivity index (χ1n) is 12.1. The van der Waals surface area contributed by atoms with Crippen LogP contribution in [0.2, 0.25) is 0 Å². The van der Waals surface area contributed by atoms with Gasteiger partial charge >= 0.3 is 0 Å². The van der Waals surface area contributed by atoms with Gasteiger partial charge in [-0.1, -0.05) is 34.4 Å².